The Balaban J connectivity index is 2.40. The maximum absolute atomic E-state index is 3.45. The second-order valence-corrected chi connectivity index (χ2v) is 6.97. The lowest BCUT2D eigenvalue weighted by Crippen LogP contribution is -2.46. The Bertz CT molecular complexity index is 213. The van der Waals surface area contributed by atoms with Crippen LogP contribution in [0.3, 0.4) is 0 Å². The molecule has 1 saturated carbocycles. The van der Waals surface area contributed by atoms with Crippen LogP contribution in [0.15, 0.2) is 0 Å². The van der Waals surface area contributed by atoms with Crippen LogP contribution in [0.25, 0.3) is 0 Å². The summed E-state index contributed by atoms with van der Waals surface area (Å²) >= 11 is 0. The number of nitrogens with one attached hydrogen (secondary N) is 1. The molecule has 1 atom stereocenters. The van der Waals surface area contributed by atoms with Gasteiger partial charge in [0.1, 0.15) is 0 Å². The summed E-state index contributed by atoms with van der Waals surface area (Å²) < 4.78 is 0. The molecule has 0 spiro atoms. The van der Waals surface area contributed by atoms with Crippen LogP contribution < -0.4 is 5.32 Å². The topological polar surface area (TPSA) is 15.3 Å². The minimum absolute atomic E-state index is 0.581. The zero-order chi connectivity index (χ0) is 13.1. The van der Waals surface area contributed by atoms with Gasteiger partial charge in [-0.05, 0) is 51.1 Å². The quantitative estimate of drug-likeness (QED) is 0.794. The van der Waals surface area contributed by atoms with Gasteiger partial charge in [0, 0.05) is 18.6 Å². The minimum atomic E-state index is 0.581. The standard InChI is InChI=1S/C15H32N2/c1-12(2)14(16-5)11-17(6)13-7-9-15(3,4)10-8-13/h12-14,16H,7-11H2,1-6H3. The van der Waals surface area contributed by atoms with Gasteiger partial charge in [-0.15, -0.1) is 0 Å². The zero-order valence-corrected chi connectivity index (χ0v) is 12.7. The van der Waals surface area contributed by atoms with Gasteiger partial charge in [0.05, 0.1) is 0 Å². The van der Waals surface area contributed by atoms with Crippen molar-refractivity contribution < 1.29 is 0 Å². The van der Waals surface area contributed by atoms with Crippen LogP contribution >= 0.6 is 0 Å². The summed E-state index contributed by atoms with van der Waals surface area (Å²) in [5, 5.41) is 3.45. The zero-order valence-electron chi connectivity index (χ0n) is 12.7. The number of likely N-dealkylation sites (N-methyl/N-ethyl adjacent to an activating group) is 2. The molecule has 102 valence electrons. The lowest BCUT2D eigenvalue weighted by Gasteiger charge is -2.40. The predicted octanol–water partition coefficient (Wildman–Crippen LogP) is 3.13. The maximum atomic E-state index is 3.45. The van der Waals surface area contributed by atoms with Crippen molar-refractivity contribution in [3.8, 4) is 0 Å². The Morgan fingerprint density at radius 2 is 1.76 bits per heavy atom. The van der Waals surface area contributed by atoms with E-state index < -0.39 is 0 Å². The summed E-state index contributed by atoms with van der Waals surface area (Å²) in [6.07, 6.45) is 5.51. The largest absolute Gasteiger partial charge is 0.315 e. The van der Waals surface area contributed by atoms with E-state index in [2.05, 4.69) is 52.0 Å². The van der Waals surface area contributed by atoms with Crippen LogP contribution in [0.1, 0.15) is 53.4 Å². The summed E-state index contributed by atoms with van der Waals surface area (Å²) in [6.45, 7) is 10.6. The first-order valence-corrected chi connectivity index (χ1v) is 7.23. The molecule has 0 aromatic rings. The predicted molar refractivity (Wildman–Crippen MR) is 76.4 cm³/mol. The summed E-state index contributed by atoms with van der Waals surface area (Å²) in [5.41, 5.74) is 0.581. The van der Waals surface area contributed by atoms with E-state index in [9.17, 15) is 0 Å². The fraction of sp³-hybridized carbons (Fsp3) is 1.00. The Morgan fingerprint density at radius 3 is 2.18 bits per heavy atom. The van der Waals surface area contributed by atoms with Crippen LogP contribution in [0.4, 0.5) is 0 Å². The maximum Gasteiger partial charge on any atom is 0.0214 e. The highest BCUT2D eigenvalue weighted by molar-refractivity contribution is 4.84. The van der Waals surface area contributed by atoms with E-state index in [1.807, 2.05) is 0 Å². The average Bonchev–Trinajstić information content (AvgIpc) is 2.25. The molecular formula is C15H32N2. The number of hydrogen-bond donors (Lipinski definition) is 1. The number of hydrogen-bond acceptors (Lipinski definition) is 2. The van der Waals surface area contributed by atoms with Crippen LogP contribution in [0.5, 0.6) is 0 Å². The molecule has 1 aliphatic rings. The molecule has 1 fully saturated rings. The smallest absolute Gasteiger partial charge is 0.0214 e. The van der Waals surface area contributed by atoms with Gasteiger partial charge in [-0.3, -0.25) is 0 Å². The normalized spacial score (nSPS) is 23.3. The molecular weight excluding hydrogens is 208 g/mol. The number of rotatable bonds is 5. The monoisotopic (exact) mass is 240 g/mol. The summed E-state index contributed by atoms with van der Waals surface area (Å²) in [5.74, 6) is 0.711. The van der Waals surface area contributed by atoms with Gasteiger partial charge in [0.25, 0.3) is 0 Å². The van der Waals surface area contributed by atoms with Gasteiger partial charge in [-0.25, -0.2) is 0 Å². The molecule has 0 heterocycles. The second kappa shape index (κ2) is 6.19. The van der Waals surface area contributed by atoms with Crippen LogP contribution in [-0.2, 0) is 0 Å². The van der Waals surface area contributed by atoms with Gasteiger partial charge in [0.15, 0.2) is 0 Å². The van der Waals surface area contributed by atoms with Gasteiger partial charge >= 0.3 is 0 Å². The van der Waals surface area contributed by atoms with E-state index in [1.54, 1.807) is 0 Å². The van der Waals surface area contributed by atoms with Crippen LogP contribution in [0, 0.1) is 11.3 Å². The molecule has 2 nitrogen and oxygen atoms in total. The molecule has 0 bridgehead atoms. The van der Waals surface area contributed by atoms with E-state index in [0.717, 1.165) is 6.04 Å². The Kier molecular flexibility index (Phi) is 5.46. The van der Waals surface area contributed by atoms with Crippen molar-refractivity contribution in [1.82, 2.24) is 10.2 Å². The summed E-state index contributed by atoms with van der Waals surface area (Å²) in [4.78, 5) is 2.58. The van der Waals surface area contributed by atoms with Crippen molar-refractivity contribution >= 4 is 0 Å². The first kappa shape index (κ1) is 15.0. The van der Waals surface area contributed by atoms with Gasteiger partial charge in [-0.2, -0.15) is 0 Å². The van der Waals surface area contributed by atoms with E-state index in [-0.39, 0.29) is 0 Å². The fourth-order valence-electron chi connectivity index (χ4n) is 2.92. The van der Waals surface area contributed by atoms with Crippen molar-refractivity contribution in [1.29, 1.82) is 0 Å². The lowest BCUT2D eigenvalue weighted by molar-refractivity contribution is 0.114. The molecule has 1 aliphatic carbocycles. The molecule has 0 radical (unpaired) electrons. The minimum Gasteiger partial charge on any atom is -0.315 e. The number of nitrogens with zero attached hydrogens (tertiary/aromatic N) is 1. The molecule has 1 N–H and O–H groups in total. The van der Waals surface area contributed by atoms with E-state index in [0.29, 0.717) is 17.4 Å². The molecule has 0 aromatic heterocycles. The third kappa shape index (κ3) is 4.59. The van der Waals surface area contributed by atoms with E-state index in [1.165, 1.54) is 32.2 Å². The summed E-state index contributed by atoms with van der Waals surface area (Å²) in [7, 11) is 4.39. The van der Waals surface area contributed by atoms with Crippen molar-refractivity contribution in [3.05, 3.63) is 0 Å². The van der Waals surface area contributed by atoms with E-state index >= 15 is 0 Å². The third-order valence-corrected chi connectivity index (χ3v) is 4.59. The molecule has 2 heteroatoms. The second-order valence-electron chi connectivity index (χ2n) is 6.97. The lowest BCUT2D eigenvalue weighted by atomic mass is 9.75. The van der Waals surface area contributed by atoms with Crippen molar-refractivity contribution in [2.24, 2.45) is 11.3 Å². The van der Waals surface area contributed by atoms with Gasteiger partial charge < -0.3 is 10.2 Å². The molecule has 1 unspecified atom stereocenters. The molecule has 0 saturated heterocycles. The fourth-order valence-corrected chi connectivity index (χ4v) is 2.92. The Morgan fingerprint density at radius 1 is 1.24 bits per heavy atom. The van der Waals surface area contributed by atoms with Gasteiger partial charge in [-0.1, -0.05) is 27.7 Å². The van der Waals surface area contributed by atoms with Gasteiger partial charge in [0.2, 0.25) is 0 Å². The van der Waals surface area contributed by atoms with Crippen LogP contribution in [0.2, 0.25) is 0 Å². The highest BCUT2D eigenvalue weighted by Gasteiger charge is 2.29. The Hall–Kier alpha value is -0.0800. The van der Waals surface area contributed by atoms with Crippen molar-refractivity contribution in [3.63, 3.8) is 0 Å². The average molecular weight is 240 g/mol. The highest BCUT2D eigenvalue weighted by Crippen LogP contribution is 2.36. The summed E-state index contributed by atoms with van der Waals surface area (Å²) in [6, 6.07) is 1.42. The first-order valence-electron chi connectivity index (χ1n) is 7.23. The molecule has 0 aromatic carbocycles. The third-order valence-electron chi connectivity index (χ3n) is 4.59. The highest BCUT2D eigenvalue weighted by atomic mass is 15.2. The van der Waals surface area contributed by atoms with E-state index in [4.69, 9.17) is 0 Å². The Labute approximate surface area is 108 Å². The first-order chi connectivity index (χ1) is 7.85. The molecule has 0 amide bonds. The molecule has 17 heavy (non-hydrogen) atoms. The van der Waals surface area contributed by atoms with Crippen molar-refractivity contribution in [2.45, 2.75) is 65.5 Å². The van der Waals surface area contributed by atoms with Crippen LogP contribution in [-0.4, -0.2) is 37.6 Å². The SMILES string of the molecule is CNC(CN(C)C1CCC(C)(C)CC1)C(C)C. The van der Waals surface area contributed by atoms with Crippen molar-refractivity contribution in [2.75, 3.05) is 20.6 Å². The molecule has 0 aliphatic heterocycles. The molecule has 1 rings (SSSR count).